The van der Waals surface area contributed by atoms with E-state index in [1.54, 1.807) is 6.07 Å². The fourth-order valence-corrected chi connectivity index (χ4v) is 1.80. The predicted molar refractivity (Wildman–Crippen MR) is 67.3 cm³/mol. The highest BCUT2D eigenvalue weighted by Gasteiger charge is 2.06. The number of rotatable bonds is 3. The van der Waals surface area contributed by atoms with Crippen LogP contribution in [0.5, 0.6) is 11.5 Å². The Bertz CT molecular complexity index is 566. The van der Waals surface area contributed by atoms with E-state index in [0.717, 1.165) is 0 Å². The van der Waals surface area contributed by atoms with Crippen molar-refractivity contribution in [1.82, 2.24) is 0 Å². The van der Waals surface area contributed by atoms with E-state index in [1.165, 1.54) is 36.4 Å². The standard InChI is InChI=1S/C12H7BrFNO3/c13-8-5-9(14)7-12(6-8)18-11-3-1-10(2-4-11)15(16)17/h1-7H. The quantitative estimate of drug-likeness (QED) is 0.627. The summed E-state index contributed by atoms with van der Waals surface area (Å²) in [6.07, 6.45) is 0. The van der Waals surface area contributed by atoms with E-state index < -0.39 is 10.7 Å². The van der Waals surface area contributed by atoms with Gasteiger partial charge in [-0.2, -0.15) is 0 Å². The van der Waals surface area contributed by atoms with Gasteiger partial charge >= 0.3 is 0 Å². The molecule has 0 aliphatic carbocycles. The summed E-state index contributed by atoms with van der Waals surface area (Å²) < 4.78 is 19.0. The molecular weight excluding hydrogens is 305 g/mol. The smallest absolute Gasteiger partial charge is 0.269 e. The summed E-state index contributed by atoms with van der Waals surface area (Å²) in [5, 5.41) is 10.5. The Morgan fingerprint density at radius 1 is 1.11 bits per heavy atom. The van der Waals surface area contributed by atoms with Gasteiger partial charge in [-0.1, -0.05) is 15.9 Å². The summed E-state index contributed by atoms with van der Waals surface area (Å²) in [5.41, 5.74) is -0.0252. The molecule has 6 heteroatoms. The second-order valence-corrected chi connectivity index (χ2v) is 4.37. The second kappa shape index (κ2) is 5.14. The number of nitro groups is 1. The molecule has 0 radical (unpaired) electrons. The van der Waals surface area contributed by atoms with Gasteiger partial charge in [-0.25, -0.2) is 4.39 Å². The summed E-state index contributed by atoms with van der Waals surface area (Å²) in [6, 6.07) is 9.70. The maximum atomic E-state index is 13.1. The van der Waals surface area contributed by atoms with E-state index in [-0.39, 0.29) is 5.69 Å². The topological polar surface area (TPSA) is 52.4 Å². The number of ether oxygens (including phenoxy) is 1. The normalized spacial score (nSPS) is 10.1. The molecule has 0 heterocycles. The van der Waals surface area contributed by atoms with Gasteiger partial charge in [0.25, 0.3) is 5.69 Å². The lowest BCUT2D eigenvalue weighted by Gasteiger charge is -2.05. The lowest BCUT2D eigenvalue weighted by molar-refractivity contribution is -0.384. The van der Waals surface area contributed by atoms with Crippen molar-refractivity contribution in [2.75, 3.05) is 0 Å². The minimum absolute atomic E-state index is 0.0252. The minimum atomic E-state index is -0.497. The lowest BCUT2D eigenvalue weighted by atomic mass is 10.3. The van der Waals surface area contributed by atoms with Gasteiger partial charge < -0.3 is 4.74 Å². The van der Waals surface area contributed by atoms with E-state index >= 15 is 0 Å². The summed E-state index contributed by atoms with van der Waals surface area (Å²) >= 11 is 3.15. The molecule has 2 rings (SSSR count). The third kappa shape index (κ3) is 3.04. The molecule has 2 aromatic carbocycles. The van der Waals surface area contributed by atoms with Gasteiger partial charge in [0.15, 0.2) is 0 Å². The molecule has 0 aliphatic heterocycles. The first kappa shape index (κ1) is 12.5. The van der Waals surface area contributed by atoms with Gasteiger partial charge in [0, 0.05) is 22.7 Å². The Morgan fingerprint density at radius 3 is 2.33 bits per heavy atom. The fourth-order valence-electron chi connectivity index (χ4n) is 1.36. The van der Waals surface area contributed by atoms with Crippen LogP contribution in [0.2, 0.25) is 0 Å². The van der Waals surface area contributed by atoms with Crippen molar-refractivity contribution < 1.29 is 14.1 Å². The number of halogens is 2. The zero-order valence-corrected chi connectivity index (χ0v) is 10.6. The third-order valence-electron chi connectivity index (χ3n) is 2.12. The van der Waals surface area contributed by atoms with Crippen LogP contribution in [0.15, 0.2) is 46.9 Å². The Hall–Kier alpha value is -1.95. The Labute approximate surface area is 110 Å². The van der Waals surface area contributed by atoms with Gasteiger partial charge in [0.2, 0.25) is 0 Å². The highest BCUT2D eigenvalue weighted by atomic mass is 79.9. The molecule has 0 aliphatic rings. The van der Waals surface area contributed by atoms with Crippen LogP contribution >= 0.6 is 15.9 Å². The molecule has 0 aromatic heterocycles. The van der Waals surface area contributed by atoms with Crippen molar-refractivity contribution in [3.63, 3.8) is 0 Å². The lowest BCUT2D eigenvalue weighted by Crippen LogP contribution is -1.89. The number of nitrogens with zero attached hydrogens (tertiary/aromatic N) is 1. The van der Waals surface area contributed by atoms with Gasteiger partial charge in [-0.05, 0) is 24.3 Å². The molecule has 0 amide bonds. The largest absolute Gasteiger partial charge is 0.457 e. The van der Waals surface area contributed by atoms with Crippen LogP contribution < -0.4 is 4.74 Å². The molecule has 4 nitrogen and oxygen atoms in total. The molecule has 0 saturated heterocycles. The Kier molecular flexibility index (Phi) is 3.57. The summed E-state index contributed by atoms with van der Waals surface area (Å²) in [7, 11) is 0. The van der Waals surface area contributed by atoms with Crippen LogP contribution in [-0.2, 0) is 0 Å². The fraction of sp³-hybridized carbons (Fsp3) is 0. The van der Waals surface area contributed by atoms with Crippen molar-refractivity contribution in [3.8, 4) is 11.5 Å². The Morgan fingerprint density at radius 2 is 1.78 bits per heavy atom. The van der Waals surface area contributed by atoms with Crippen molar-refractivity contribution in [1.29, 1.82) is 0 Å². The third-order valence-corrected chi connectivity index (χ3v) is 2.58. The van der Waals surface area contributed by atoms with E-state index in [9.17, 15) is 14.5 Å². The van der Waals surface area contributed by atoms with E-state index in [1.807, 2.05) is 0 Å². The number of hydrogen-bond donors (Lipinski definition) is 0. The predicted octanol–water partition coefficient (Wildman–Crippen LogP) is 4.29. The molecule has 0 N–H and O–H groups in total. The maximum absolute atomic E-state index is 13.1. The minimum Gasteiger partial charge on any atom is -0.457 e. The van der Waals surface area contributed by atoms with Gasteiger partial charge in [0.1, 0.15) is 17.3 Å². The van der Waals surface area contributed by atoms with Crippen LogP contribution in [0.25, 0.3) is 0 Å². The van der Waals surface area contributed by atoms with Crippen molar-refractivity contribution in [2.45, 2.75) is 0 Å². The molecule has 0 spiro atoms. The molecule has 0 unspecified atom stereocenters. The first-order valence-corrected chi connectivity index (χ1v) is 5.72. The summed E-state index contributed by atoms with van der Waals surface area (Å²) in [5.74, 6) is 0.287. The molecule has 0 fully saturated rings. The molecule has 2 aromatic rings. The zero-order valence-electron chi connectivity index (χ0n) is 8.97. The zero-order chi connectivity index (χ0) is 13.1. The van der Waals surface area contributed by atoms with Crippen LogP contribution in [0.3, 0.4) is 0 Å². The van der Waals surface area contributed by atoms with E-state index in [2.05, 4.69) is 15.9 Å². The van der Waals surface area contributed by atoms with Crippen molar-refractivity contribution >= 4 is 21.6 Å². The summed E-state index contributed by atoms with van der Waals surface area (Å²) in [4.78, 5) is 9.97. The average molecular weight is 312 g/mol. The number of non-ortho nitro benzene ring substituents is 1. The van der Waals surface area contributed by atoms with E-state index in [4.69, 9.17) is 4.74 Å². The molecule has 92 valence electrons. The molecule has 0 bridgehead atoms. The van der Waals surface area contributed by atoms with Crippen LogP contribution in [0, 0.1) is 15.9 Å². The number of hydrogen-bond acceptors (Lipinski definition) is 3. The monoisotopic (exact) mass is 311 g/mol. The van der Waals surface area contributed by atoms with Crippen molar-refractivity contribution in [3.05, 3.63) is 62.9 Å². The highest BCUT2D eigenvalue weighted by molar-refractivity contribution is 9.10. The van der Waals surface area contributed by atoms with Crippen LogP contribution in [0.1, 0.15) is 0 Å². The molecule has 0 saturated carbocycles. The second-order valence-electron chi connectivity index (χ2n) is 3.46. The van der Waals surface area contributed by atoms with Crippen molar-refractivity contribution in [2.24, 2.45) is 0 Å². The molecule has 0 atom stereocenters. The van der Waals surface area contributed by atoms with Gasteiger partial charge in [-0.15, -0.1) is 0 Å². The average Bonchev–Trinajstić information content (AvgIpc) is 2.28. The Balaban J connectivity index is 2.20. The maximum Gasteiger partial charge on any atom is 0.269 e. The van der Waals surface area contributed by atoms with E-state index in [0.29, 0.717) is 16.0 Å². The summed E-state index contributed by atoms with van der Waals surface area (Å²) in [6.45, 7) is 0. The van der Waals surface area contributed by atoms with Crippen LogP contribution in [0.4, 0.5) is 10.1 Å². The van der Waals surface area contributed by atoms with Gasteiger partial charge in [0.05, 0.1) is 4.92 Å². The number of nitro benzene ring substituents is 1. The first-order chi connectivity index (χ1) is 8.54. The van der Waals surface area contributed by atoms with Gasteiger partial charge in [-0.3, -0.25) is 10.1 Å². The van der Waals surface area contributed by atoms with Crippen LogP contribution in [-0.4, -0.2) is 4.92 Å². The first-order valence-electron chi connectivity index (χ1n) is 4.93. The SMILES string of the molecule is O=[N+]([O-])c1ccc(Oc2cc(F)cc(Br)c2)cc1. The highest BCUT2D eigenvalue weighted by Crippen LogP contribution is 2.27. The molecular formula is C12H7BrFNO3. The molecule has 18 heavy (non-hydrogen) atoms. The number of benzene rings is 2.